The van der Waals surface area contributed by atoms with Gasteiger partial charge in [0.2, 0.25) is 5.91 Å². The Hall–Kier alpha value is -2.69. The van der Waals surface area contributed by atoms with E-state index in [1.807, 2.05) is 38.1 Å². The Balaban J connectivity index is 2.09. The van der Waals surface area contributed by atoms with Crippen molar-refractivity contribution in [3.63, 3.8) is 0 Å². The van der Waals surface area contributed by atoms with Crippen molar-refractivity contribution in [2.45, 2.75) is 46.1 Å². The molecule has 2 N–H and O–H groups in total. The van der Waals surface area contributed by atoms with Gasteiger partial charge in [-0.15, -0.1) is 0 Å². The smallest absolute Gasteiger partial charge is 0.254 e. The topological polar surface area (TPSA) is 58.2 Å². The third-order valence-electron chi connectivity index (χ3n) is 4.71. The summed E-state index contributed by atoms with van der Waals surface area (Å²) >= 11 is 0. The van der Waals surface area contributed by atoms with Crippen LogP contribution in [0.1, 0.15) is 56.0 Å². The number of nitrogens with one attached hydrogen (secondary N) is 2. The predicted octanol–water partition coefficient (Wildman–Crippen LogP) is 4.73. The van der Waals surface area contributed by atoms with Gasteiger partial charge in [-0.25, -0.2) is 4.39 Å². The van der Waals surface area contributed by atoms with Gasteiger partial charge in [-0.05, 0) is 48.1 Å². The molecule has 0 saturated heterocycles. The summed E-state index contributed by atoms with van der Waals surface area (Å²) in [7, 11) is 0. The van der Waals surface area contributed by atoms with Crippen LogP contribution < -0.4 is 10.6 Å². The van der Waals surface area contributed by atoms with Crippen LogP contribution in [0.5, 0.6) is 0 Å². The molecule has 0 heterocycles. The predicted molar refractivity (Wildman–Crippen MR) is 106 cm³/mol. The van der Waals surface area contributed by atoms with E-state index in [1.54, 1.807) is 6.07 Å². The van der Waals surface area contributed by atoms with Crippen molar-refractivity contribution < 1.29 is 14.0 Å². The molecule has 2 aromatic carbocycles. The van der Waals surface area contributed by atoms with Crippen LogP contribution in [0.3, 0.4) is 0 Å². The Labute approximate surface area is 160 Å². The quantitative estimate of drug-likeness (QED) is 0.740. The molecule has 144 valence electrons. The van der Waals surface area contributed by atoms with Gasteiger partial charge in [0.15, 0.2) is 0 Å². The van der Waals surface area contributed by atoms with E-state index in [0.717, 1.165) is 6.42 Å². The number of anilines is 1. The fraction of sp³-hybridized carbons (Fsp3) is 0.364. The molecule has 0 fully saturated rings. The van der Waals surface area contributed by atoms with Crippen LogP contribution in [0.2, 0.25) is 0 Å². The molecule has 0 spiro atoms. The van der Waals surface area contributed by atoms with Crippen LogP contribution in [-0.2, 0) is 4.79 Å². The van der Waals surface area contributed by atoms with Crippen molar-refractivity contribution in [2.24, 2.45) is 5.92 Å². The number of amides is 2. The van der Waals surface area contributed by atoms with E-state index >= 15 is 0 Å². The molecule has 2 amide bonds. The maximum Gasteiger partial charge on any atom is 0.254 e. The molecule has 2 aromatic rings. The minimum atomic E-state index is -0.772. The molecule has 0 aliphatic rings. The Morgan fingerprint density at radius 2 is 1.63 bits per heavy atom. The summed E-state index contributed by atoms with van der Waals surface area (Å²) in [5.41, 5.74) is 1.80. The van der Waals surface area contributed by atoms with Crippen LogP contribution in [0.4, 0.5) is 10.1 Å². The van der Waals surface area contributed by atoms with Crippen LogP contribution >= 0.6 is 0 Å². The van der Waals surface area contributed by atoms with Crippen molar-refractivity contribution in [3.05, 3.63) is 65.5 Å². The minimum absolute atomic E-state index is 0.0751. The molecule has 0 bridgehead atoms. The molecule has 0 aromatic heterocycles. The molecule has 0 aliphatic carbocycles. The van der Waals surface area contributed by atoms with Crippen LogP contribution in [-0.4, -0.2) is 17.9 Å². The summed E-state index contributed by atoms with van der Waals surface area (Å²) < 4.78 is 13.8. The van der Waals surface area contributed by atoms with Gasteiger partial charge < -0.3 is 10.6 Å². The van der Waals surface area contributed by atoms with Crippen LogP contribution in [0.25, 0.3) is 0 Å². The minimum Gasteiger partial charge on any atom is -0.340 e. The maximum absolute atomic E-state index is 13.8. The fourth-order valence-electron chi connectivity index (χ4n) is 2.75. The number of carbonyl (C=O) groups excluding carboxylic acids is 2. The number of benzene rings is 2. The van der Waals surface area contributed by atoms with E-state index in [4.69, 9.17) is 0 Å². The summed E-state index contributed by atoms with van der Waals surface area (Å²) in [5.74, 6) is -1.24. The normalized spacial score (nSPS) is 13.1. The Bertz CT molecular complexity index is 787. The lowest BCUT2D eigenvalue weighted by molar-refractivity contribution is -0.118. The summed E-state index contributed by atoms with van der Waals surface area (Å²) in [6.45, 7) is 7.95. The second-order valence-corrected chi connectivity index (χ2v) is 7.10. The first-order valence-corrected chi connectivity index (χ1v) is 9.29. The van der Waals surface area contributed by atoms with E-state index in [2.05, 4.69) is 24.5 Å². The second-order valence-electron chi connectivity index (χ2n) is 7.10. The second kappa shape index (κ2) is 9.31. The zero-order valence-corrected chi connectivity index (χ0v) is 16.3. The van der Waals surface area contributed by atoms with E-state index in [0.29, 0.717) is 11.6 Å². The van der Waals surface area contributed by atoms with Crippen molar-refractivity contribution >= 4 is 17.5 Å². The lowest BCUT2D eigenvalue weighted by Gasteiger charge is -2.22. The fourth-order valence-corrected chi connectivity index (χ4v) is 2.75. The molecular weight excluding hydrogens is 343 g/mol. The molecular formula is C22H27FN2O2. The van der Waals surface area contributed by atoms with E-state index in [1.165, 1.54) is 23.8 Å². The SMILES string of the molecule is CC[C@@H](C)c1ccc(NC(=O)[C@@H](NC(=O)c2ccccc2F)C(C)C)cc1. The average Bonchev–Trinajstić information content (AvgIpc) is 2.65. The lowest BCUT2D eigenvalue weighted by atomic mass is 9.98. The molecule has 4 nitrogen and oxygen atoms in total. The highest BCUT2D eigenvalue weighted by Gasteiger charge is 2.25. The van der Waals surface area contributed by atoms with Gasteiger partial charge in [-0.3, -0.25) is 9.59 Å². The number of halogens is 1. The third kappa shape index (κ3) is 5.39. The van der Waals surface area contributed by atoms with Gasteiger partial charge in [-0.2, -0.15) is 0 Å². The Morgan fingerprint density at radius 3 is 2.19 bits per heavy atom. The number of rotatable bonds is 7. The first-order valence-electron chi connectivity index (χ1n) is 9.29. The van der Waals surface area contributed by atoms with E-state index < -0.39 is 17.8 Å². The molecule has 2 atom stereocenters. The highest BCUT2D eigenvalue weighted by molar-refractivity contribution is 6.01. The van der Waals surface area contributed by atoms with Gasteiger partial charge in [-0.1, -0.05) is 52.0 Å². The molecule has 27 heavy (non-hydrogen) atoms. The van der Waals surface area contributed by atoms with Crippen molar-refractivity contribution in [2.75, 3.05) is 5.32 Å². The standard InChI is InChI=1S/C22H27FN2O2/c1-5-15(4)16-10-12-17(13-11-16)24-22(27)20(14(2)3)25-21(26)18-8-6-7-9-19(18)23/h6-15,20H,5H2,1-4H3,(H,24,27)(H,25,26)/t15-,20+/m1/s1. The zero-order chi connectivity index (χ0) is 20.0. The largest absolute Gasteiger partial charge is 0.340 e. The number of hydrogen-bond donors (Lipinski definition) is 2. The Morgan fingerprint density at radius 1 is 1.00 bits per heavy atom. The molecule has 0 unspecified atom stereocenters. The van der Waals surface area contributed by atoms with E-state index in [9.17, 15) is 14.0 Å². The first-order chi connectivity index (χ1) is 12.8. The number of carbonyl (C=O) groups is 2. The highest BCUT2D eigenvalue weighted by Crippen LogP contribution is 2.21. The summed E-state index contributed by atoms with van der Waals surface area (Å²) in [4.78, 5) is 25.0. The number of hydrogen-bond acceptors (Lipinski definition) is 2. The summed E-state index contributed by atoms with van der Waals surface area (Å²) in [6.07, 6.45) is 1.04. The average molecular weight is 370 g/mol. The van der Waals surface area contributed by atoms with Crippen LogP contribution in [0.15, 0.2) is 48.5 Å². The van der Waals surface area contributed by atoms with Crippen LogP contribution in [0, 0.1) is 11.7 Å². The monoisotopic (exact) mass is 370 g/mol. The molecule has 0 saturated carbocycles. The molecule has 2 rings (SSSR count). The van der Waals surface area contributed by atoms with Gasteiger partial charge in [0, 0.05) is 5.69 Å². The maximum atomic E-state index is 13.8. The van der Waals surface area contributed by atoms with Gasteiger partial charge in [0.05, 0.1) is 5.56 Å². The van der Waals surface area contributed by atoms with Crippen molar-refractivity contribution in [3.8, 4) is 0 Å². The zero-order valence-electron chi connectivity index (χ0n) is 16.3. The van der Waals surface area contributed by atoms with Crippen molar-refractivity contribution in [1.82, 2.24) is 5.32 Å². The summed E-state index contributed by atoms with van der Waals surface area (Å²) in [6, 6.07) is 12.6. The van der Waals surface area contributed by atoms with Gasteiger partial charge in [0.1, 0.15) is 11.9 Å². The van der Waals surface area contributed by atoms with Crippen molar-refractivity contribution in [1.29, 1.82) is 0 Å². The molecule has 0 aliphatic heterocycles. The molecule has 5 heteroatoms. The Kier molecular flexibility index (Phi) is 7.11. The van der Waals surface area contributed by atoms with Gasteiger partial charge in [0.25, 0.3) is 5.91 Å². The van der Waals surface area contributed by atoms with E-state index in [-0.39, 0.29) is 17.4 Å². The van der Waals surface area contributed by atoms with Gasteiger partial charge >= 0.3 is 0 Å². The lowest BCUT2D eigenvalue weighted by Crippen LogP contribution is -2.47. The third-order valence-corrected chi connectivity index (χ3v) is 4.71. The highest BCUT2D eigenvalue weighted by atomic mass is 19.1. The summed E-state index contributed by atoms with van der Waals surface area (Å²) in [5, 5.41) is 5.47. The first kappa shape index (κ1) is 20.6. The molecule has 0 radical (unpaired) electrons.